The van der Waals surface area contributed by atoms with Crippen molar-refractivity contribution in [2.45, 2.75) is 37.6 Å². The molecular weight excluding hydrogens is 406 g/mol. The zero-order valence-corrected chi connectivity index (χ0v) is 17.4. The Balaban J connectivity index is 1.54. The van der Waals surface area contributed by atoms with E-state index in [4.69, 9.17) is 10.5 Å². The Kier molecular flexibility index (Phi) is 6.38. The topological polar surface area (TPSA) is 135 Å². The highest BCUT2D eigenvalue weighted by atomic mass is 32.1. The summed E-state index contributed by atoms with van der Waals surface area (Å²) < 4.78 is 9.98. The van der Waals surface area contributed by atoms with Gasteiger partial charge in [-0.1, -0.05) is 0 Å². The number of ether oxygens (including phenoxy) is 1. The highest BCUT2D eigenvalue weighted by Gasteiger charge is 2.23. The SMILES string of the molecule is NC(=O)c1ncc(N2CCC[C@@H](NC=O)C2)nc1Nc1cc(C2CCOCC2)ns1. The van der Waals surface area contributed by atoms with Gasteiger partial charge < -0.3 is 26.0 Å². The van der Waals surface area contributed by atoms with Gasteiger partial charge in [0, 0.05) is 38.3 Å². The Hall–Kier alpha value is -2.79. The predicted molar refractivity (Wildman–Crippen MR) is 113 cm³/mol. The van der Waals surface area contributed by atoms with E-state index in [-0.39, 0.29) is 11.7 Å². The summed E-state index contributed by atoms with van der Waals surface area (Å²) in [5.74, 6) is 0.681. The minimum Gasteiger partial charge on any atom is -0.381 e. The first-order valence-electron chi connectivity index (χ1n) is 10.1. The average Bonchev–Trinajstić information content (AvgIpc) is 3.23. The van der Waals surface area contributed by atoms with Gasteiger partial charge in [0.15, 0.2) is 11.5 Å². The van der Waals surface area contributed by atoms with Gasteiger partial charge in [-0.05, 0) is 43.3 Å². The summed E-state index contributed by atoms with van der Waals surface area (Å²) in [5.41, 5.74) is 6.62. The number of rotatable bonds is 7. The number of nitrogens with one attached hydrogen (secondary N) is 2. The van der Waals surface area contributed by atoms with Crippen LogP contribution in [0, 0.1) is 0 Å². The van der Waals surface area contributed by atoms with E-state index in [0.29, 0.717) is 24.1 Å². The first-order chi connectivity index (χ1) is 14.6. The number of aromatic nitrogens is 3. The second kappa shape index (κ2) is 9.35. The summed E-state index contributed by atoms with van der Waals surface area (Å²) in [5, 5.41) is 6.79. The maximum Gasteiger partial charge on any atom is 0.271 e. The van der Waals surface area contributed by atoms with E-state index < -0.39 is 5.91 Å². The molecule has 0 radical (unpaired) electrons. The van der Waals surface area contributed by atoms with E-state index in [1.807, 2.05) is 11.0 Å². The fourth-order valence-corrected chi connectivity index (χ4v) is 4.59. The molecule has 2 aromatic rings. The van der Waals surface area contributed by atoms with Crippen LogP contribution in [-0.4, -0.2) is 59.0 Å². The Labute approximate surface area is 178 Å². The van der Waals surface area contributed by atoms with Crippen molar-refractivity contribution < 1.29 is 14.3 Å². The van der Waals surface area contributed by atoms with Gasteiger partial charge in [0.25, 0.3) is 5.91 Å². The summed E-state index contributed by atoms with van der Waals surface area (Å²) in [6.07, 6.45) is 6.03. The molecule has 1 atom stereocenters. The molecule has 0 spiro atoms. The normalized spacial score (nSPS) is 20.0. The summed E-state index contributed by atoms with van der Waals surface area (Å²) in [6, 6.07) is 2.05. The van der Waals surface area contributed by atoms with Crippen molar-refractivity contribution in [3.05, 3.63) is 23.7 Å². The van der Waals surface area contributed by atoms with Crippen molar-refractivity contribution in [3.63, 3.8) is 0 Å². The van der Waals surface area contributed by atoms with Crippen molar-refractivity contribution in [1.29, 1.82) is 0 Å². The number of hydrogen-bond acceptors (Lipinski definition) is 9. The third kappa shape index (κ3) is 4.68. The molecule has 0 saturated carbocycles. The van der Waals surface area contributed by atoms with Gasteiger partial charge in [-0.15, -0.1) is 0 Å². The molecule has 4 heterocycles. The van der Waals surface area contributed by atoms with Crippen LogP contribution in [0.15, 0.2) is 12.3 Å². The average molecular weight is 432 g/mol. The van der Waals surface area contributed by atoms with E-state index in [9.17, 15) is 9.59 Å². The van der Waals surface area contributed by atoms with Gasteiger partial charge in [0.1, 0.15) is 10.8 Å². The molecule has 0 bridgehead atoms. The van der Waals surface area contributed by atoms with Gasteiger partial charge in [-0.25, -0.2) is 9.97 Å². The minimum absolute atomic E-state index is 0.0637. The number of carbonyl (C=O) groups is 2. The second-order valence-electron chi connectivity index (χ2n) is 7.49. The van der Waals surface area contributed by atoms with Crippen molar-refractivity contribution >= 4 is 40.5 Å². The fraction of sp³-hybridized carbons (Fsp3) is 0.526. The molecule has 11 heteroatoms. The van der Waals surface area contributed by atoms with Crippen molar-refractivity contribution in [1.82, 2.24) is 19.7 Å². The second-order valence-corrected chi connectivity index (χ2v) is 8.29. The van der Waals surface area contributed by atoms with Crippen LogP contribution in [0.3, 0.4) is 0 Å². The van der Waals surface area contributed by atoms with Gasteiger partial charge in [-0.3, -0.25) is 9.59 Å². The molecule has 0 aromatic carbocycles. The summed E-state index contributed by atoms with van der Waals surface area (Å²) in [4.78, 5) is 33.6. The molecule has 10 nitrogen and oxygen atoms in total. The summed E-state index contributed by atoms with van der Waals surface area (Å²) >= 11 is 1.32. The third-order valence-corrected chi connectivity index (χ3v) is 6.17. The van der Waals surface area contributed by atoms with E-state index in [2.05, 4.69) is 25.0 Å². The lowest BCUT2D eigenvalue weighted by molar-refractivity contribution is -0.110. The molecule has 2 saturated heterocycles. The monoisotopic (exact) mass is 431 g/mol. The van der Waals surface area contributed by atoms with E-state index in [1.54, 1.807) is 6.20 Å². The van der Waals surface area contributed by atoms with Gasteiger partial charge in [0.05, 0.1) is 11.9 Å². The number of anilines is 3. The highest BCUT2D eigenvalue weighted by molar-refractivity contribution is 7.10. The molecule has 2 fully saturated rings. The van der Waals surface area contributed by atoms with E-state index in [0.717, 1.165) is 62.5 Å². The van der Waals surface area contributed by atoms with Crippen molar-refractivity contribution in [2.24, 2.45) is 5.73 Å². The molecular formula is C19H25N7O3S. The predicted octanol–water partition coefficient (Wildman–Crippen LogP) is 1.38. The molecule has 0 unspecified atom stereocenters. The lowest BCUT2D eigenvalue weighted by Gasteiger charge is -2.33. The molecule has 0 aliphatic carbocycles. The first-order valence-corrected chi connectivity index (χ1v) is 10.8. The largest absolute Gasteiger partial charge is 0.381 e. The van der Waals surface area contributed by atoms with Crippen molar-refractivity contribution in [2.75, 3.05) is 36.5 Å². The Morgan fingerprint density at radius 3 is 2.93 bits per heavy atom. The van der Waals surface area contributed by atoms with Crippen LogP contribution < -0.4 is 21.3 Å². The van der Waals surface area contributed by atoms with Gasteiger partial charge in [0.2, 0.25) is 6.41 Å². The van der Waals surface area contributed by atoms with E-state index in [1.165, 1.54) is 11.5 Å². The third-order valence-electron chi connectivity index (χ3n) is 5.45. The Morgan fingerprint density at radius 1 is 1.33 bits per heavy atom. The van der Waals surface area contributed by atoms with E-state index >= 15 is 0 Å². The molecule has 2 amide bonds. The lowest BCUT2D eigenvalue weighted by atomic mass is 9.97. The van der Waals surface area contributed by atoms with Crippen LogP contribution in [0.5, 0.6) is 0 Å². The quantitative estimate of drug-likeness (QED) is 0.560. The van der Waals surface area contributed by atoms with Crippen LogP contribution in [0.25, 0.3) is 0 Å². The number of piperidine rings is 1. The van der Waals surface area contributed by atoms with Gasteiger partial charge in [-0.2, -0.15) is 4.37 Å². The first kappa shape index (κ1) is 20.5. The smallest absolute Gasteiger partial charge is 0.271 e. The van der Waals surface area contributed by atoms with Gasteiger partial charge >= 0.3 is 0 Å². The van der Waals surface area contributed by atoms with Crippen LogP contribution in [0.2, 0.25) is 0 Å². The number of carbonyl (C=O) groups excluding carboxylic acids is 2. The van der Waals surface area contributed by atoms with Crippen molar-refractivity contribution in [3.8, 4) is 0 Å². The molecule has 30 heavy (non-hydrogen) atoms. The summed E-state index contributed by atoms with van der Waals surface area (Å²) in [7, 11) is 0. The number of hydrogen-bond donors (Lipinski definition) is 3. The number of amides is 2. The minimum atomic E-state index is -0.648. The lowest BCUT2D eigenvalue weighted by Crippen LogP contribution is -2.45. The molecule has 160 valence electrons. The van der Waals surface area contributed by atoms with Crippen LogP contribution >= 0.6 is 11.5 Å². The molecule has 4 rings (SSSR count). The Morgan fingerprint density at radius 2 is 2.17 bits per heavy atom. The molecule has 2 aliphatic rings. The Bertz CT molecular complexity index is 900. The van der Waals surface area contributed by atoms with Crippen LogP contribution in [0.1, 0.15) is 47.8 Å². The number of primary amides is 1. The van der Waals surface area contributed by atoms with Crippen LogP contribution in [0.4, 0.5) is 16.6 Å². The zero-order valence-electron chi connectivity index (χ0n) is 16.5. The standard InChI is InChI=1S/C19H25N7O3S/c20-18(28)17-19(24-16-8-14(25-30-16)12-3-6-29-7-4-12)23-15(9-21-17)26-5-1-2-13(10-26)22-11-27/h8-9,11-13H,1-7,10H2,(H2,20,28)(H,22,27)(H,23,24)/t13-/m1/s1. The number of nitrogens with zero attached hydrogens (tertiary/aromatic N) is 4. The molecule has 4 N–H and O–H groups in total. The maximum absolute atomic E-state index is 11.9. The number of nitrogens with two attached hydrogens (primary N) is 1. The molecule has 2 aromatic heterocycles. The van der Waals surface area contributed by atoms with Crippen LogP contribution in [-0.2, 0) is 9.53 Å². The highest BCUT2D eigenvalue weighted by Crippen LogP contribution is 2.32. The fourth-order valence-electron chi connectivity index (χ4n) is 3.87. The molecule has 2 aliphatic heterocycles. The maximum atomic E-state index is 11.9. The summed E-state index contributed by atoms with van der Waals surface area (Å²) in [6.45, 7) is 2.94. The zero-order chi connectivity index (χ0) is 20.9.